The van der Waals surface area contributed by atoms with Crippen LogP contribution >= 0.6 is 0 Å². The molecule has 1 N–H and O–H groups in total. The fourth-order valence-corrected chi connectivity index (χ4v) is 3.28. The van der Waals surface area contributed by atoms with Crippen LogP contribution in [0, 0.1) is 0 Å². The predicted octanol–water partition coefficient (Wildman–Crippen LogP) is 4.33. The van der Waals surface area contributed by atoms with Crippen molar-refractivity contribution in [3.63, 3.8) is 0 Å². The lowest BCUT2D eigenvalue weighted by Gasteiger charge is -2.33. The number of anilines is 2. The topological polar surface area (TPSA) is 67.4 Å². The molecule has 9 heteroatoms. The van der Waals surface area contributed by atoms with Gasteiger partial charge >= 0.3 is 6.18 Å². The highest BCUT2D eigenvalue weighted by molar-refractivity contribution is 6.02. The van der Waals surface area contributed by atoms with E-state index in [9.17, 15) is 18.0 Å². The van der Waals surface area contributed by atoms with Crippen LogP contribution in [0.5, 0.6) is 0 Å². The van der Waals surface area contributed by atoms with Crippen LogP contribution in [0.2, 0.25) is 0 Å². The lowest BCUT2D eigenvalue weighted by molar-refractivity contribution is -0.137. The number of para-hydroxylation sites is 1. The highest BCUT2D eigenvalue weighted by atomic mass is 19.4. The molecule has 160 valence electrons. The van der Waals surface area contributed by atoms with E-state index in [1.807, 2.05) is 23.1 Å². The summed E-state index contributed by atoms with van der Waals surface area (Å²) < 4.78 is 44.1. The van der Waals surface area contributed by atoms with Crippen molar-refractivity contribution in [1.29, 1.82) is 0 Å². The number of ether oxygens (including phenoxy) is 1. The quantitative estimate of drug-likeness (QED) is 0.670. The Morgan fingerprint density at radius 2 is 1.74 bits per heavy atom. The SMILES string of the molecule is O=C(Nc1ccccc1)c1ccc(N2CCOC(c3ccc(C(F)(F)F)cc3)C2)nn1. The number of hydrogen-bond donors (Lipinski definition) is 1. The first-order chi connectivity index (χ1) is 14.9. The van der Waals surface area contributed by atoms with Crippen molar-refractivity contribution in [2.24, 2.45) is 0 Å². The summed E-state index contributed by atoms with van der Waals surface area (Å²) in [6.07, 6.45) is -4.76. The molecule has 0 aliphatic carbocycles. The number of aromatic nitrogens is 2. The van der Waals surface area contributed by atoms with Gasteiger partial charge in [-0.2, -0.15) is 13.2 Å². The number of carbonyl (C=O) groups excluding carboxylic acids is 1. The van der Waals surface area contributed by atoms with Gasteiger partial charge in [-0.25, -0.2) is 0 Å². The van der Waals surface area contributed by atoms with Gasteiger partial charge < -0.3 is 15.0 Å². The number of alkyl halides is 3. The van der Waals surface area contributed by atoms with Gasteiger partial charge in [0.2, 0.25) is 0 Å². The number of benzene rings is 2. The molecule has 1 atom stereocenters. The number of amides is 1. The van der Waals surface area contributed by atoms with Crippen LogP contribution in [0.3, 0.4) is 0 Å². The Balaban J connectivity index is 1.42. The van der Waals surface area contributed by atoms with Crippen molar-refractivity contribution < 1.29 is 22.7 Å². The van der Waals surface area contributed by atoms with Crippen LogP contribution in [-0.2, 0) is 10.9 Å². The van der Waals surface area contributed by atoms with Crippen molar-refractivity contribution in [1.82, 2.24) is 10.2 Å². The molecule has 0 radical (unpaired) electrons. The Bertz CT molecular complexity index is 1030. The predicted molar refractivity (Wildman–Crippen MR) is 109 cm³/mol. The first-order valence-corrected chi connectivity index (χ1v) is 9.64. The Morgan fingerprint density at radius 3 is 2.39 bits per heavy atom. The molecule has 1 saturated heterocycles. The van der Waals surface area contributed by atoms with E-state index in [4.69, 9.17) is 4.74 Å². The van der Waals surface area contributed by atoms with Crippen molar-refractivity contribution in [2.45, 2.75) is 12.3 Å². The maximum Gasteiger partial charge on any atom is 0.416 e. The van der Waals surface area contributed by atoms with Gasteiger partial charge in [0.15, 0.2) is 11.5 Å². The number of carbonyl (C=O) groups is 1. The van der Waals surface area contributed by atoms with Gasteiger partial charge in [0.05, 0.1) is 12.2 Å². The lowest BCUT2D eigenvalue weighted by atomic mass is 10.1. The Morgan fingerprint density at radius 1 is 1.00 bits per heavy atom. The van der Waals surface area contributed by atoms with Crippen LogP contribution in [-0.4, -0.2) is 35.8 Å². The molecule has 6 nitrogen and oxygen atoms in total. The van der Waals surface area contributed by atoms with Gasteiger partial charge in [-0.05, 0) is 42.0 Å². The molecule has 0 bridgehead atoms. The Kier molecular flexibility index (Phi) is 5.85. The second-order valence-electron chi connectivity index (χ2n) is 7.02. The molecule has 2 heterocycles. The fourth-order valence-electron chi connectivity index (χ4n) is 3.28. The van der Waals surface area contributed by atoms with E-state index >= 15 is 0 Å². The van der Waals surface area contributed by atoms with E-state index in [2.05, 4.69) is 15.5 Å². The fraction of sp³-hybridized carbons (Fsp3) is 0.227. The summed E-state index contributed by atoms with van der Waals surface area (Å²) in [5, 5.41) is 10.9. The van der Waals surface area contributed by atoms with Crippen molar-refractivity contribution in [3.05, 3.63) is 83.6 Å². The van der Waals surface area contributed by atoms with Crippen LogP contribution < -0.4 is 10.2 Å². The minimum Gasteiger partial charge on any atom is -0.370 e. The molecule has 0 spiro atoms. The van der Waals surface area contributed by atoms with Gasteiger partial charge in [-0.3, -0.25) is 4.79 Å². The second kappa shape index (κ2) is 8.73. The summed E-state index contributed by atoms with van der Waals surface area (Å²) in [5.41, 5.74) is 0.801. The second-order valence-corrected chi connectivity index (χ2v) is 7.02. The highest BCUT2D eigenvalue weighted by Crippen LogP contribution is 2.31. The van der Waals surface area contributed by atoms with Gasteiger partial charge in [0, 0.05) is 18.8 Å². The molecule has 1 aliphatic heterocycles. The van der Waals surface area contributed by atoms with Crippen molar-refractivity contribution >= 4 is 17.4 Å². The highest BCUT2D eigenvalue weighted by Gasteiger charge is 2.31. The average Bonchev–Trinajstić information content (AvgIpc) is 2.79. The largest absolute Gasteiger partial charge is 0.416 e. The van der Waals surface area contributed by atoms with Gasteiger partial charge in [0.1, 0.15) is 6.10 Å². The monoisotopic (exact) mass is 428 g/mol. The normalized spacial score (nSPS) is 16.7. The van der Waals surface area contributed by atoms with E-state index in [0.717, 1.165) is 12.1 Å². The van der Waals surface area contributed by atoms with E-state index in [1.165, 1.54) is 12.1 Å². The van der Waals surface area contributed by atoms with E-state index < -0.39 is 11.7 Å². The van der Waals surface area contributed by atoms with E-state index in [-0.39, 0.29) is 17.7 Å². The van der Waals surface area contributed by atoms with Crippen LogP contribution in [0.15, 0.2) is 66.7 Å². The standard InChI is InChI=1S/C22H19F3N4O2/c23-22(24,25)16-8-6-15(7-9-16)19-14-29(12-13-31-19)20-11-10-18(27-28-20)21(30)26-17-4-2-1-3-5-17/h1-11,19H,12-14H2,(H,26,30). The summed E-state index contributed by atoms with van der Waals surface area (Å²) in [6.45, 7) is 1.36. The smallest absolute Gasteiger partial charge is 0.370 e. The summed E-state index contributed by atoms with van der Waals surface area (Å²) in [4.78, 5) is 14.2. The number of morpholine rings is 1. The van der Waals surface area contributed by atoms with Crippen LogP contribution in [0.1, 0.15) is 27.7 Å². The molecule has 1 aliphatic rings. The summed E-state index contributed by atoms with van der Waals surface area (Å²) in [5.74, 6) is 0.200. The summed E-state index contributed by atoms with van der Waals surface area (Å²) in [6, 6.07) is 17.3. The van der Waals surface area contributed by atoms with Crippen molar-refractivity contribution in [3.8, 4) is 0 Å². The zero-order valence-corrected chi connectivity index (χ0v) is 16.3. The third kappa shape index (κ3) is 5.00. The number of nitrogens with zero attached hydrogens (tertiary/aromatic N) is 3. The number of rotatable bonds is 4. The van der Waals surface area contributed by atoms with Gasteiger partial charge in [0.25, 0.3) is 5.91 Å². The summed E-state index contributed by atoms with van der Waals surface area (Å²) >= 11 is 0. The van der Waals surface area contributed by atoms with Crippen LogP contribution in [0.25, 0.3) is 0 Å². The van der Waals surface area contributed by atoms with Gasteiger partial charge in [-0.1, -0.05) is 30.3 Å². The Hall–Kier alpha value is -3.46. The molecule has 31 heavy (non-hydrogen) atoms. The minimum atomic E-state index is -4.37. The number of hydrogen-bond acceptors (Lipinski definition) is 5. The molecule has 2 aromatic carbocycles. The zero-order valence-electron chi connectivity index (χ0n) is 16.3. The van der Waals surface area contributed by atoms with E-state index in [1.54, 1.807) is 24.3 Å². The Labute approximate surface area is 176 Å². The summed E-state index contributed by atoms with van der Waals surface area (Å²) in [7, 11) is 0. The lowest BCUT2D eigenvalue weighted by Crippen LogP contribution is -2.39. The maximum atomic E-state index is 12.8. The molecular formula is C22H19F3N4O2. The number of halogens is 3. The maximum absolute atomic E-state index is 12.8. The van der Waals surface area contributed by atoms with Gasteiger partial charge in [-0.15, -0.1) is 10.2 Å². The van der Waals surface area contributed by atoms with E-state index in [0.29, 0.717) is 36.8 Å². The molecule has 3 aromatic rings. The minimum absolute atomic E-state index is 0.181. The third-order valence-corrected chi connectivity index (χ3v) is 4.92. The third-order valence-electron chi connectivity index (χ3n) is 4.92. The molecular weight excluding hydrogens is 409 g/mol. The zero-order chi connectivity index (χ0) is 21.8. The first kappa shape index (κ1) is 20.8. The molecule has 1 aromatic heterocycles. The van der Waals surface area contributed by atoms with Crippen molar-refractivity contribution in [2.75, 3.05) is 29.9 Å². The molecule has 0 saturated carbocycles. The average molecular weight is 428 g/mol. The van der Waals surface area contributed by atoms with Crippen LogP contribution in [0.4, 0.5) is 24.7 Å². The molecule has 1 fully saturated rings. The first-order valence-electron chi connectivity index (χ1n) is 9.64. The molecule has 4 rings (SSSR count). The molecule has 1 unspecified atom stereocenters. The molecule has 1 amide bonds. The number of nitrogens with one attached hydrogen (secondary N) is 1.